The summed E-state index contributed by atoms with van der Waals surface area (Å²) in [6, 6.07) is 0. The molecule has 0 bridgehead atoms. The molecular weight excluding hydrogens is 165 g/mol. The van der Waals surface area contributed by atoms with E-state index in [4.69, 9.17) is 16.0 Å². The fraction of sp³-hybridized carbons (Fsp3) is 1.00. The second-order valence-corrected chi connectivity index (χ2v) is 2.55. The summed E-state index contributed by atoms with van der Waals surface area (Å²) in [4.78, 5) is 0. The Morgan fingerprint density at radius 1 is 1.57 bits per heavy atom. The van der Waals surface area contributed by atoms with Gasteiger partial charge < -0.3 is 5.73 Å². The standard InChI is InChI=1S/CH5N.AsH3O4/c1-2;2-1(3,4)5/h2H2,1H3;(H3,2,3,4,5). The van der Waals surface area contributed by atoms with Gasteiger partial charge in [0, 0.05) is 0 Å². The van der Waals surface area contributed by atoms with Gasteiger partial charge in [-0.2, -0.15) is 0 Å². The Hall–Kier alpha value is 0.198. The summed E-state index contributed by atoms with van der Waals surface area (Å²) in [6.07, 6.45) is 0. The van der Waals surface area contributed by atoms with Crippen LogP contribution in [0.1, 0.15) is 0 Å². The van der Waals surface area contributed by atoms with Crippen molar-refractivity contribution >= 4 is 14.5 Å². The minimum atomic E-state index is -5.38. The normalized spacial score (nSPS) is 9.29. The number of rotatable bonds is 0. The first-order valence-electron chi connectivity index (χ1n) is 1.47. The predicted octanol–water partition coefficient (Wildman–Crippen LogP) is -3.94. The van der Waals surface area contributed by atoms with Crippen molar-refractivity contribution in [1.82, 2.24) is 0 Å². The molecule has 0 spiro atoms. The summed E-state index contributed by atoms with van der Waals surface area (Å²) in [6.45, 7) is 0. The predicted molar refractivity (Wildman–Crippen MR) is 19.7 cm³/mol. The zero-order valence-electron chi connectivity index (χ0n) is 3.87. The number of quaternary nitrogens is 1. The van der Waals surface area contributed by atoms with E-state index in [0.29, 0.717) is 0 Å². The van der Waals surface area contributed by atoms with E-state index in [1.165, 1.54) is 0 Å². The van der Waals surface area contributed by atoms with Crippen LogP contribution in [0.3, 0.4) is 0 Å². The van der Waals surface area contributed by atoms with Gasteiger partial charge in [-0.1, -0.05) is 0 Å². The molecule has 0 aliphatic rings. The van der Waals surface area contributed by atoms with E-state index in [9.17, 15) is 0 Å². The maximum atomic E-state index is 8.83. The number of hydrogen-bond donors (Lipinski definition) is 3. The molecule has 0 amide bonds. The molecule has 0 saturated heterocycles. The summed E-state index contributed by atoms with van der Waals surface area (Å²) in [7, 11) is 1.75. The van der Waals surface area contributed by atoms with E-state index in [1.54, 1.807) is 7.05 Å². The third kappa shape index (κ3) is 2770. The second-order valence-electron chi connectivity index (χ2n) is 0.491. The van der Waals surface area contributed by atoms with E-state index in [-0.39, 0.29) is 0 Å². The van der Waals surface area contributed by atoms with Crippen LogP contribution in [0, 0.1) is 0 Å². The Labute approximate surface area is 44.1 Å². The maximum absolute atomic E-state index is 8.83. The van der Waals surface area contributed by atoms with Crippen molar-refractivity contribution in [3.63, 3.8) is 0 Å². The van der Waals surface area contributed by atoms with Crippen LogP contribution in [0.15, 0.2) is 0 Å². The van der Waals surface area contributed by atoms with Crippen molar-refractivity contribution < 1.29 is 21.8 Å². The van der Waals surface area contributed by atoms with E-state index in [1.807, 2.05) is 0 Å². The summed E-state index contributed by atoms with van der Waals surface area (Å²) in [5.41, 5.74) is 3.25. The summed E-state index contributed by atoms with van der Waals surface area (Å²) < 4.78 is 31.9. The molecule has 0 aromatic rings. The van der Waals surface area contributed by atoms with E-state index >= 15 is 0 Å². The minimum absolute atomic E-state index is 1.75. The van der Waals surface area contributed by atoms with Crippen LogP contribution in [0.5, 0.6) is 0 Å². The topological polar surface area (TPSA) is 108 Å². The van der Waals surface area contributed by atoms with Gasteiger partial charge in [-0.05, 0) is 0 Å². The molecule has 0 radical (unpaired) electrons. The van der Waals surface area contributed by atoms with Gasteiger partial charge in [-0.3, -0.25) is 0 Å². The average Bonchev–Trinajstić information content (AvgIpc) is 1.36. The first-order chi connectivity index (χ1) is 3.00. The molecule has 6 heteroatoms. The molecule has 5 nitrogen and oxygen atoms in total. The molecule has 0 rings (SSSR count). The first kappa shape index (κ1) is 10.2. The Morgan fingerprint density at radius 3 is 1.57 bits per heavy atom. The van der Waals surface area contributed by atoms with Gasteiger partial charge in [0.1, 0.15) is 0 Å². The zero-order valence-corrected chi connectivity index (χ0v) is 5.74. The third-order valence-electron chi connectivity index (χ3n) is 0. The Morgan fingerprint density at radius 2 is 1.57 bits per heavy atom. The molecule has 0 heterocycles. The van der Waals surface area contributed by atoms with E-state index in [0.717, 1.165) is 0 Å². The quantitative estimate of drug-likeness (QED) is 0.325. The average molecular weight is 173 g/mol. The van der Waals surface area contributed by atoms with Crippen LogP contribution in [0.4, 0.5) is 0 Å². The van der Waals surface area contributed by atoms with Crippen LogP contribution >= 0.6 is 0 Å². The van der Waals surface area contributed by atoms with E-state index in [2.05, 4.69) is 5.73 Å². The molecule has 0 aliphatic carbocycles. The summed E-state index contributed by atoms with van der Waals surface area (Å²) >= 11 is -5.38. The van der Waals surface area contributed by atoms with Crippen molar-refractivity contribution in [2.75, 3.05) is 7.05 Å². The van der Waals surface area contributed by atoms with Gasteiger partial charge in [0.25, 0.3) is 0 Å². The molecule has 0 aromatic carbocycles. The Kier molecular flexibility index (Phi) is 6.37. The van der Waals surface area contributed by atoms with Crippen LogP contribution in [0.2, 0.25) is 0 Å². The van der Waals surface area contributed by atoms with Crippen molar-refractivity contribution in [3.8, 4) is 0 Å². The Bertz CT molecular complexity index is 57.8. The van der Waals surface area contributed by atoms with Gasteiger partial charge >= 0.3 is 30.5 Å². The van der Waals surface area contributed by atoms with Crippen LogP contribution in [0.25, 0.3) is 0 Å². The molecule has 46 valence electrons. The fourth-order valence-electron chi connectivity index (χ4n) is 0. The van der Waals surface area contributed by atoms with E-state index < -0.39 is 14.5 Å². The van der Waals surface area contributed by atoms with Gasteiger partial charge in [0.2, 0.25) is 0 Å². The van der Waals surface area contributed by atoms with Gasteiger partial charge in [-0.15, -0.1) is 0 Å². The molecule has 0 aliphatic heterocycles. The molecular formula is CH8AsNO4. The molecule has 0 saturated carbocycles. The monoisotopic (exact) mass is 173 g/mol. The summed E-state index contributed by atoms with van der Waals surface area (Å²) in [5, 5.41) is 0. The van der Waals surface area contributed by atoms with Crippen LogP contribution < -0.4 is 9.83 Å². The second kappa shape index (κ2) is 4.36. The first-order valence-corrected chi connectivity index (χ1v) is 4.68. The number of hydrogen-bond acceptors (Lipinski definition) is 2. The van der Waals surface area contributed by atoms with Crippen molar-refractivity contribution in [2.45, 2.75) is 0 Å². The Balaban J connectivity index is 0. The summed E-state index contributed by atoms with van der Waals surface area (Å²) in [5.74, 6) is 0. The van der Waals surface area contributed by atoms with Gasteiger partial charge in [-0.25, -0.2) is 0 Å². The van der Waals surface area contributed by atoms with Crippen LogP contribution in [-0.2, 0) is 3.74 Å². The molecule has 0 fully saturated rings. The van der Waals surface area contributed by atoms with Gasteiger partial charge in [0.05, 0.1) is 7.05 Å². The van der Waals surface area contributed by atoms with Crippen molar-refractivity contribution in [2.24, 2.45) is 0 Å². The molecule has 7 heavy (non-hydrogen) atoms. The van der Waals surface area contributed by atoms with Crippen molar-refractivity contribution in [1.29, 1.82) is 0 Å². The SMILES string of the molecule is C[NH3+].O=[As]([O-])(O)O. The van der Waals surface area contributed by atoms with Crippen molar-refractivity contribution in [3.05, 3.63) is 0 Å². The molecule has 0 atom stereocenters. The zero-order chi connectivity index (χ0) is 6.50. The molecule has 0 unspecified atom stereocenters. The molecule has 5 N–H and O–H groups in total. The van der Waals surface area contributed by atoms with Gasteiger partial charge in [0.15, 0.2) is 0 Å². The molecule has 0 aromatic heterocycles. The fourth-order valence-corrected chi connectivity index (χ4v) is 0. The third-order valence-corrected chi connectivity index (χ3v) is 0. The van der Waals surface area contributed by atoms with Crippen LogP contribution in [-0.4, -0.2) is 29.8 Å².